The second-order valence-electron chi connectivity index (χ2n) is 4.78. The van der Waals surface area contributed by atoms with E-state index in [1.54, 1.807) is 0 Å². The van der Waals surface area contributed by atoms with Gasteiger partial charge in [-0.05, 0) is 82.4 Å². The molecule has 1 aromatic carbocycles. The van der Waals surface area contributed by atoms with Crippen molar-refractivity contribution in [1.29, 1.82) is 0 Å². The minimum Gasteiger partial charge on any atom is -0.396 e. The average Bonchev–Trinajstić information content (AvgIpc) is 2.86. The Labute approximate surface area is 135 Å². The van der Waals surface area contributed by atoms with Crippen LogP contribution in [0.2, 0.25) is 0 Å². The first-order valence-corrected chi connectivity index (χ1v) is 8.37. The molecule has 0 bridgehead atoms. The third-order valence-electron chi connectivity index (χ3n) is 3.49. The molecule has 104 valence electrons. The van der Waals surface area contributed by atoms with Gasteiger partial charge in [-0.1, -0.05) is 0 Å². The first-order valence-electron chi connectivity index (χ1n) is 6.50. The van der Waals surface area contributed by atoms with Gasteiger partial charge in [-0.25, -0.2) is 0 Å². The Kier molecular flexibility index (Phi) is 5.65. The van der Waals surface area contributed by atoms with Gasteiger partial charge >= 0.3 is 0 Å². The fraction of sp³-hybridized carbons (Fsp3) is 0.500. The highest BCUT2D eigenvalue weighted by Crippen LogP contribution is 2.27. The van der Waals surface area contributed by atoms with Crippen molar-refractivity contribution in [2.75, 3.05) is 13.2 Å². The molecule has 3 nitrogen and oxygen atoms in total. The van der Waals surface area contributed by atoms with Crippen LogP contribution >= 0.6 is 38.5 Å². The lowest BCUT2D eigenvalue weighted by molar-refractivity contribution is 0.0723. The van der Waals surface area contributed by atoms with Crippen molar-refractivity contribution in [2.45, 2.75) is 31.7 Å². The average molecular weight is 438 g/mol. The second kappa shape index (κ2) is 7.04. The summed E-state index contributed by atoms with van der Waals surface area (Å²) in [6, 6.07) is 6.11. The van der Waals surface area contributed by atoms with Crippen molar-refractivity contribution in [3.05, 3.63) is 31.8 Å². The van der Waals surface area contributed by atoms with Crippen LogP contribution in [0.3, 0.4) is 0 Å². The normalized spacial score (nSPS) is 18.9. The van der Waals surface area contributed by atoms with Crippen LogP contribution in [0.1, 0.15) is 36.0 Å². The minimum absolute atomic E-state index is 0.103. The number of rotatable bonds is 4. The van der Waals surface area contributed by atoms with Crippen LogP contribution in [-0.4, -0.2) is 35.1 Å². The lowest BCUT2D eigenvalue weighted by atomic mass is 10.1. The molecule has 1 heterocycles. The van der Waals surface area contributed by atoms with Crippen molar-refractivity contribution in [2.24, 2.45) is 0 Å². The molecule has 1 atom stereocenters. The highest BCUT2D eigenvalue weighted by atomic mass is 127. The van der Waals surface area contributed by atoms with Crippen LogP contribution in [0.5, 0.6) is 0 Å². The number of nitrogens with zero attached hydrogens (tertiary/aromatic N) is 1. The highest BCUT2D eigenvalue weighted by Gasteiger charge is 2.29. The number of carbonyl (C=O) groups excluding carboxylic acids is 1. The van der Waals surface area contributed by atoms with E-state index in [1.807, 2.05) is 23.1 Å². The predicted molar refractivity (Wildman–Crippen MR) is 87.2 cm³/mol. The molecule has 1 saturated heterocycles. The van der Waals surface area contributed by atoms with Gasteiger partial charge in [0, 0.05) is 27.2 Å². The predicted octanol–water partition coefficient (Wildman–Crippen LogP) is 3.43. The van der Waals surface area contributed by atoms with E-state index in [9.17, 15) is 4.79 Å². The quantitative estimate of drug-likeness (QED) is 0.733. The monoisotopic (exact) mass is 437 g/mol. The number of amides is 1. The molecular weight excluding hydrogens is 421 g/mol. The Morgan fingerprint density at radius 3 is 3.05 bits per heavy atom. The number of hydrogen-bond acceptors (Lipinski definition) is 2. The van der Waals surface area contributed by atoms with E-state index in [0.29, 0.717) is 0 Å². The van der Waals surface area contributed by atoms with E-state index in [2.05, 4.69) is 38.5 Å². The summed E-state index contributed by atoms with van der Waals surface area (Å²) in [5.41, 5.74) is 0.739. The summed E-state index contributed by atoms with van der Waals surface area (Å²) in [4.78, 5) is 14.6. The van der Waals surface area contributed by atoms with E-state index in [-0.39, 0.29) is 18.6 Å². The first kappa shape index (κ1) is 15.3. The minimum atomic E-state index is 0.103. The number of likely N-dealkylation sites (tertiary alicyclic amines) is 1. The zero-order valence-corrected chi connectivity index (χ0v) is 14.4. The molecule has 1 fully saturated rings. The van der Waals surface area contributed by atoms with Gasteiger partial charge in [0.05, 0.1) is 5.56 Å². The Hall–Kier alpha value is -0.140. The lowest BCUT2D eigenvalue weighted by Crippen LogP contribution is -2.35. The molecular formula is C14H17BrINO2. The van der Waals surface area contributed by atoms with Crippen molar-refractivity contribution in [1.82, 2.24) is 4.90 Å². The van der Waals surface area contributed by atoms with E-state index >= 15 is 0 Å². The molecule has 1 unspecified atom stereocenters. The smallest absolute Gasteiger partial charge is 0.255 e. The third-order valence-corrected chi connectivity index (χ3v) is 4.85. The Balaban J connectivity index is 2.16. The topological polar surface area (TPSA) is 40.5 Å². The lowest BCUT2D eigenvalue weighted by Gasteiger charge is -2.25. The van der Waals surface area contributed by atoms with E-state index in [0.717, 1.165) is 45.8 Å². The summed E-state index contributed by atoms with van der Waals surface area (Å²) in [5, 5.41) is 8.94. The molecule has 5 heteroatoms. The summed E-state index contributed by atoms with van der Waals surface area (Å²) in [5.74, 6) is 0.103. The van der Waals surface area contributed by atoms with Crippen LogP contribution in [0.25, 0.3) is 0 Å². The van der Waals surface area contributed by atoms with Crippen LogP contribution in [0, 0.1) is 3.57 Å². The number of halogens is 2. The Morgan fingerprint density at radius 2 is 2.32 bits per heavy atom. The molecule has 0 saturated carbocycles. The number of benzene rings is 1. The van der Waals surface area contributed by atoms with Crippen molar-refractivity contribution < 1.29 is 9.90 Å². The Morgan fingerprint density at radius 1 is 1.53 bits per heavy atom. The molecule has 2 rings (SSSR count). The standard InChI is InChI=1S/C14H17BrINO2/c15-13-6-5-10(16)9-12(13)14(19)17-7-1-3-11(17)4-2-8-18/h5-6,9,11,18H,1-4,7-8H2. The van der Waals surface area contributed by atoms with E-state index < -0.39 is 0 Å². The van der Waals surface area contributed by atoms with Gasteiger partial charge in [-0.15, -0.1) is 0 Å². The molecule has 19 heavy (non-hydrogen) atoms. The van der Waals surface area contributed by atoms with Crippen LogP contribution in [0.4, 0.5) is 0 Å². The molecule has 0 spiro atoms. The summed E-state index contributed by atoms with van der Waals surface area (Å²) in [7, 11) is 0. The third kappa shape index (κ3) is 3.70. The number of hydrogen-bond donors (Lipinski definition) is 1. The summed E-state index contributed by atoms with van der Waals surface area (Å²) < 4.78 is 1.92. The zero-order chi connectivity index (χ0) is 13.8. The zero-order valence-electron chi connectivity index (χ0n) is 10.6. The van der Waals surface area contributed by atoms with Gasteiger partial charge in [0.15, 0.2) is 0 Å². The molecule has 1 aromatic rings. The largest absolute Gasteiger partial charge is 0.396 e. The molecule has 1 amide bonds. The summed E-state index contributed by atoms with van der Waals surface area (Å²) in [6.07, 6.45) is 3.77. The fourth-order valence-corrected chi connectivity index (χ4v) is 3.45. The second-order valence-corrected chi connectivity index (χ2v) is 6.88. The SMILES string of the molecule is O=C(c1cc(I)ccc1Br)N1CCCC1CCCO. The summed E-state index contributed by atoms with van der Waals surface area (Å²) in [6.45, 7) is 1.03. The maximum atomic E-state index is 12.6. The molecule has 0 aliphatic carbocycles. The maximum absolute atomic E-state index is 12.6. The molecule has 0 aromatic heterocycles. The van der Waals surface area contributed by atoms with Gasteiger partial charge in [0.1, 0.15) is 0 Å². The summed E-state index contributed by atoms with van der Waals surface area (Å²) >= 11 is 5.68. The fourth-order valence-electron chi connectivity index (χ4n) is 2.55. The van der Waals surface area contributed by atoms with Gasteiger partial charge < -0.3 is 10.0 Å². The van der Waals surface area contributed by atoms with Crippen LogP contribution in [0.15, 0.2) is 22.7 Å². The first-order chi connectivity index (χ1) is 9.13. The van der Waals surface area contributed by atoms with Gasteiger partial charge in [0.25, 0.3) is 5.91 Å². The number of aliphatic hydroxyl groups excluding tert-OH is 1. The maximum Gasteiger partial charge on any atom is 0.255 e. The van der Waals surface area contributed by atoms with Gasteiger partial charge in [-0.3, -0.25) is 4.79 Å². The van der Waals surface area contributed by atoms with E-state index in [1.165, 1.54) is 0 Å². The number of carbonyl (C=O) groups is 1. The number of aliphatic hydroxyl groups is 1. The van der Waals surface area contributed by atoms with Crippen molar-refractivity contribution >= 4 is 44.4 Å². The van der Waals surface area contributed by atoms with Crippen molar-refractivity contribution in [3.63, 3.8) is 0 Å². The van der Waals surface area contributed by atoms with E-state index in [4.69, 9.17) is 5.11 Å². The Bertz CT molecular complexity index is 467. The van der Waals surface area contributed by atoms with Crippen molar-refractivity contribution in [3.8, 4) is 0 Å². The molecule has 1 N–H and O–H groups in total. The van der Waals surface area contributed by atoms with Gasteiger partial charge in [0.2, 0.25) is 0 Å². The van der Waals surface area contributed by atoms with Crippen LogP contribution < -0.4 is 0 Å². The highest BCUT2D eigenvalue weighted by molar-refractivity contribution is 14.1. The molecule has 1 aliphatic rings. The molecule has 0 radical (unpaired) electrons. The van der Waals surface area contributed by atoms with Gasteiger partial charge in [-0.2, -0.15) is 0 Å². The molecule has 1 aliphatic heterocycles. The van der Waals surface area contributed by atoms with Crippen LogP contribution in [-0.2, 0) is 0 Å².